The Morgan fingerprint density at radius 3 is 2.83 bits per heavy atom. The van der Waals surface area contributed by atoms with Crippen LogP contribution in [0.1, 0.15) is 18.4 Å². The third-order valence-electron chi connectivity index (χ3n) is 3.32. The Bertz CT molecular complexity index is 393. The number of nitrogens with two attached hydrogens (primary N) is 1. The Kier molecular flexibility index (Phi) is 4.87. The van der Waals surface area contributed by atoms with Crippen LogP contribution in [0.5, 0.6) is 0 Å². The Morgan fingerprint density at radius 2 is 2.22 bits per heavy atom. The SMILES string of the molecule is COCCN(c1cccc(Cl)c1CCN)C1CC1. The van der Waals surface area contributed by atoms with Crippen LogP contribution in [0.4, 0.5) is 5.69 Å². The number of methoxy groups -OCH3 is 1. The highest BCUT2D eigenvalue weighted by molar-refractivity contribution is 6.31. The fourth-order valence-electron chi connectivity index (χ4n) is 2.28. The van der Waals surface area contributed by atoms with Gasteiger partial charge in [0.25, 0.3) is 0 Å². The number of rotatable bonds is 7. The lowest BCUT2D eigenvalue weighted by Crippen LogP contribution is -2.30. The van der Waals surface area contributed by atoms with Crippen LogP contribution in [-0.2, 0) is 11.2 Å². The number of benzene rings is 1. The van der Waals surface area contributed by atoms with Crippen molar-refractivity contribution >= 4 is 17.3 Å². The van der Waals surface area contributed by atoms with Gasteiger partial charge in [-0.25, -0.2) is 0 Å². The quantitative estimate of drug-likeness (QED) is 0.826. The molecule has 0 atom stereocenters. The molecule has 1 fully saturated rings. The molecule has 0 spiro atoms. The average molecular weight is 269 g/mol. The van der Waals surface area contributed by atoms with E-state index in [4.69, 9.17) is 22.1 Å². The summed E-state index contributed by atoms with van der Waals surface area (Å²) in [6.45, 7) is 2.28. The maximum Gasteiger partial charge on any atom is 0.0637 e. The lowest BCUT2D eigenvalue weighted by molar-refractivity contribution is 0.205. The van der Waals surface area contributed by atoms with E-state index in [0.717, 1.165) is 24.6 Å². The molecule has 100 valence electrons. The molecule has 0 saturated heterocycles. The van der Waals surface area contributed by atoms with Crippen molar-refractivity contribution in [2.75, 3.05) is 31.7 Å². The topological polar surface area (TPSA) is 38.5 Å². The smallest absolute Gasteiger partial charge is 0.0637 e. The summed E-state index contributed by atoms with van der Waals surface area (Å²) in [4.78, 5) is 2.42. The van der Waals surface area contributed by atoms with Crippen molar-refractivity contribution in [3.8, 4) is 0 Å². The fraction of sp³-hybridized carbons (Fsp3) is 0.571. The highest BCUT2D eigenvalue weighted by Crippen LogP contribution is 2.35. The summed E-state index contributed by atoms with van der Waals surface area (Å²) in [7, 11) is 1.74. The van der Waals surface area contributed by atoms with Crippen molar-refractivity contribution in [2.45, 2.75) is 25.3 Å². The van der Waals surface area contributed by atoms with Crippen LogP contribution in [0, 0.1) is 0 Å². The lowest BCUT2D eigenvalue weighted by atomic mass is 10.1. The first-order valence-corrected chi connectivity index (χ1v) is 6.88. The second-order valence-electron chi connectivity index (χ2n) is 4.69. The van der Waals surface area contributed by atoms with Gasteiger partial charge in [-0.1, -0.05) is 17.7 Å². The molecule has 0 aromatic heterocycles. The largest absolute Gasteiger partial charge is 0.383 e. The van der Waals surface area contributed by atoms with Crippen LogP contribution >= 0.6 is 11.6 Å². The van der Waals surface area contributed by atoms with Gasteiger partial charge in [0.2, 0.25) is 0 Å². The monoisotopic (exact) mass is 268 g/mol. The minimum atomic E-state index is 0.625. The van der Waals surface area contributed by atoms with Crippen LogP contribution in [0.15, 0.2) is 18.2 Å². The Labute approximate surface area is 114 Å². The molecular formula is C14H21ClN2O. The first-order chi connectivity index (χ1) is 8.77. The van der Waals surface area contributed by atoms with Gasteiger partial charge in [0.15, 0.2) is 0 Å². The molecule has 0 radical (unpaired) electrons. The third kappa shape index (κ3) is 3.16. The summed E-state index contributed by atoms with van der Waals surface area (Å²) in [6.07, 6.45) is 3.35. The van der Waals surface area contributed by atoms with E-state index in [0.29, 0.717) is 12.6 Å². The highest BCUT2D eigenvalue weighted by Gasteiger charge is 2.30. The zero-order chi connectivity index (χ0) is 13.0. The van der Waals surface area contributed by atoms with Gasteiger partial charge in [-0.3, -0.25) is 0 Å². The molecule has 1 aromatic rings. The van der Waals surface area contributed by atoms with Crippen molar-refractivity contribution in [2.24, 2.45) is 5.73 Å². The molecule has 0 aliphatic heterocycles. The van der Waals surface area contributed by atoms with Crippen molar-refractivity contribution in [1.29, 1.82) is 0 Å². The standard InChI is InChI=1S/C14H21ClN2O/c1-18-10-9-17(11-5-6-11)14-4-2-3-13(15)12(14)7-8-16/h2-4,11H,5-10,16H2,1H3. The van der Waals surface area contributed by atoms with Gasteiger partial charge >= 0.3 is 0 Å². The van der Waals surface area contributed by atoms with Crippen molar-refractivity contribution in [3.63, 3.8) is 0 Å². The molecule has 0 heterocycles. The molecule has 1 aromatic carbocycles. The Morgan fingerprint density at radius 1 is 1.44 bits per heavy atom. The summed E-state index contributed by atoms with van der Waals surface area (Å²) in [5, 5.41) is 0.820. The van der Waals surface area contributed by atoms with Crippen LogP contribution in [0.3, 0.4) is 0 Å². The van der Waals surface area contributed by atoms with Gasteiger partial charge in [-0.2, -0.15) is 0 Å². The molecule has 3 nitrogen and oxygen atoms in total. The number of nitrogens with zero attached hydrogens (tertiary/aromatic N) is 1. The van der Waals surface area contributed by atoms with Gasteiger partial charge < -0.3 is 15.4 Å². The van der Waals surface area contributed by atoms with E-state index in [1.807, 2.05) is 12.1 Å². The van der Waals surface area contributed by atoms with E-state index >= 15 is 0 Å². The first-order valence-electron chi connectivity index (χ1n) is 6.51. The van der Waals surface area contributed by atoms with E-state index in [-0.39, 0.29) is 0 Å². The fourth-order valence-corrected chi connectivity index (χ4v) is 2.55. The molecule has 0 unspecified atom stereocenters. The van der Waals surface area contributed by atoms with Crippen LogP contribution in [0.25, 0.3) is 0 Å². The number of hydrogen-bond acceptors (Lipinski definition) is 3. The van der Waals surface area contributed by atoms with E-state index < -0.39 is 0 Å². The van der Waals surface area contributed by atoms with E-state index in [9.17, 15) is 0 Å². The highest BCUT2D eigenvalue weighted by atomic mass is 35.5. The molecule has 0 bridgehead atoms. The third-order valence-corrected chi connectivity index (χ3v) is 3.68. The molecule has 0 amide bonds. The van der Waals surface area contributed by atoms with Crippen molar-refractivity contribution in [3.05, 3.63) is 28.8 Å². The van der Waals surface area contributed by atoms with Crippen LogP contribution < -0.4 is 10.6 Å². The van der Waals surface area contributed by atoms with Crippen LogP contribution in [0.2, 0.25) is 5.02 Å². The Balaban J connectivity index is 2.25. The number of hydrogen-bond donors (Lipinski definition) is 1. The second kappa shape index (κ2) is 6.41. The van der Waals surface area contributed by atoms with Gasteiger partial charge in [-0.05, 0) is 43.5 Å². The van der Waals surface area contributed by atoms with Gasteiger partial charge in [0.1, 0.15) is 0 Å². The summed E-state index contributed by atoms with van der Waals surface area (Å²) < 4.78 is 5.20. The Hall–Kier alpha value is -0.770. The molecule has 4 heteroatoms. The first kappa shape index (κ1) is 13.7. The number of ether oxygens (including phenoxy) is 1. The van der Waals surface area contributed by atoms with Crippen molar-refractivity contribution in [1.82, 2.24) is 0 Å². The summed E-state index contributed by atoms with van der Waals surface area (Å²) in [5.74, 6) is 0. The van der Waals surface area contributed by atoms with Gasteiger partial charge in [0, 0.05) is 30.4 Å². The predicted molar refractivity (Wildman–Crippen MR) is 76.5 cm³/mol. The molecule has 18 heavy (non-hydrogen) atoms. The summed E-state index contributed by atoms with van der Waals surface area (Å²) in [5.41, 5.74) is 8.09. The summed E-state index contributed by atoms with van der Waals surface area (Å²) in [6, 6.07) is 6.75. The van der Waals surface area contributed by atoms with Crippen molar-refractivity contribution < 1.29 is 4.74 Å². The molecule has 1 aliphatic rings. The zero-order valence-corrected chi connectivity index (χ0v) is 11.6. The van der Waals surface area contributed by atoms with E-state index in [1.165, 1.54) is 24.1 Å². The number of anilines is 1. The minimum absolute atomic E-state index is 0.625. The zero-order valence-electron chi connectivity index (χ0n) is 10.9. The summed E-state index contributed by atoms with van der Waals surface area (Å²) >= 11 is 6.30. The maximum atomic E-state index is 6.30. The number of halogens is 1. The molecular weight excluding hydrogens is 248 g/mol. The molecule has 1 aliphatic carbocycles. The normalized spacial score (nSPS) is 14.8. The average Bonchev–Trinajstić information content (AvgIpc) is 3.18. The van der Waals surface area contributed by atoms with Gasteiger partial charge in [0.05, 0.1) is 6.61 Å². The lowest BCUT2D eigenvalue weighted by Gasteiger charge is -2.27. The minimum Gasteiger partial charge on any atom is -0.383 e. The van der Waals surface area contributed by atoms with Crippen LogP contribution in [-0.4, -0.2) is 32.8 Å². The maximum absolute atomic E-state index is 6.30. The second-order valence-corrected chi connectivity index (χ2v) is 5.10. The van der Waals surface area contributed by atoms with Gasteiger partial charge in [-0.15, -0.1) is 0 Å². The van der Waals surface area contributed by atoms with E-state index in [1.54, 1.807) is 7.11 Å². The molecule has 2 rings (SSSR count). The van der Waals surface area contributed by atoms with E-state index in [2.05, 4.69) is 11.0 Å². The molecule has 2 N–H and O–H groups in total. The predicted octanol–water partition coefficient (Wildman–Crippen LogP) is 2.46. The molecule has 1 saturated carbocycles.